The van der Waals surface area contributed by atoms with Gasteiger partial charge in [0.25, 0.3) is 5.91 Å². The van der Waals surface area contributed by atoms with Crippen LogP contribution in [0.2, 0.25) is 0 Å². The van der Waals surface area contributed by atoms with Gasteiger partial charge in [-0.2, -0.15) is 4.31 Å². The van der Waals surface area contributed by atoms with Crippen molar-refractivity contribution in [3.05, 3.63) is 59.9 Å². The molecule has 3 fully saturated rings. The Kier molecular flexibility index (Phi) is 6.08. The Hall–Kier alpha value is -2.82. The number of benzene rings is 2. The molecule has 0 radical (unpaired) electrons. The zero-order chi connectivity index (χ0) is 25.8. The minimum absolute atomic E-state index is 0.0963. The van der Waals surface area contributed by atoms with Crippen molar-refractivity contribution < 1.29 is 22.4 Å². The lowest BCUT2D eigenvalue weighted by atomic mass is 9.78. The molecule has 196 valence electrons. The summed E-state index contributed by atoms with van der Waals surface area (Å²) in [5, 5.41) is 3.00. The van der Waals surface area contributed by atoms with E-state index in [2.05, 4.69) is 10.2 Å². The van der Waals surface area contributed by atoms with E-state index >= 15 is 0 Å². The number of anilines is 1. The fourth-order valence-electron chi connectivity index (χ4n) is 6.92. The first-order valence-corrected chi connectivity index (χ1v) is 14.5. The van der Waals surface area contributed by atoms with E-state index in [9.17, 15) is 22.4 Å². The van der Waals surface area contributed by atoms with Crippen LogP contribution in [0.4, 0.5) is 10.1 Å². The van der Waals surface area contributed by atoms with Gasteiger partial charge < -0.3 is 10.2 Å². The van der Waals surface area contributed by atoms with Gasteiger partial charge in [-0.25, -0.2) is 12.8 Å². The van der Waals surface area contributed by atoms with E-state index < -0.39 is 27.3 Å². The molecule has 4 heterocycles. The lowest BCUT2D eigenvalue weighted by Gasteiger charge is -2.37. The summed E-state index contributed by atoms with van der Waals surface area (Å²) in [6, 6.07) is 13.3. The molecular weight excluding hydrogens is 495 g/mol. The fraction of sp³-hybridized carbons (Fsp3) is 0.481. The van der Waals surface area contributed by atoms with Gasteiger partial charge in [0.2, 0.25) is 15.9 Å². The molecule has 2 amide bonds. The predicted molar refractivity (Wildman–Crippen MR) is 136 cm³/mol. The lowest BCUT2D eigenvalue weighted by molar-refractivity contribution is -0.138. The average Bonchev–Trinajstić information content (AvgIpc) is 3.54. The number of nitrogens with one attached hydrogen (secondary N) is 1. The van der Waals surface area contributed by atoms with E-state index in [1.807, 2.05) is 24.3 Å². The third-order valence-electron chi connectivity index (χ3n) is 8.46. The Bertz CT molecular complexity index is 1350. The number of amides is 2. The fourth-order valence-corrected chi connectivity index (χ4v) is 8.51. The quantitative estimate of drug-likeness (QED) is 0.650. The van der Waals surface area contributed by atoms with Crippen LogP contribution < -0.4 is 10.2 Å². The van der Waals surface area contributed by atoms with Gasteiger partial charge in [-0.1, -0.05) is 30.3 Å². The molecule has 4 aliphatic heterocycles. The maximum absolute atomic E-state index is 14.4. The molecule has 3 atom stereocenters. The van der Waals surface area contributed by atoms with E-state index in [1.165, 1.54) is 22.5 Å². The van der Waals surface area contributed by atoms with Gasteiger partial charge in [0.05, 0.1) is 5.92 Å². The lowest BCUT2D eigenvalue weighted by Crippen LogP contribution is -2.56. The van der Waals surface area contributed by atoms with E-state index in [0.29, 0.717) is 25.8 Å². The molecule has 1 N–H and O–H groups in total. The number of nitrogens with zero attached hydrogens (tertiary/aromatic N) is 3. The Labute approximate surface area is 216 Å². The van der Waals surface area contributed by atoms with Crippen LogP contribution in [0.3, 0.4) is 0 Å². The number of rotatable bonds is 2. The molecule has 37 heavy (non-hydrogen) atoms. The van der Waals surface area contributed by atoms with Gasteiger partial charge in [0, 0.05) is 43.5 Å². The molecule has 0 unspecified atom stereocenters. The first kappa shape index (κ1) is 24.5. The van der Waals surface area contributed by atoms with Crippen LogP contribution in [0.15, 0.2) is 53.4 Å². The Morgan fingerprint density at radius 1 is 0.919 bits per heavy atom. The minimum Gasteiger partial charge on any atom is -0.356 e. The average molecular weight is 527 g/mol. The predicted octanol–water partition coefficient (Wildman–Crippen LogP) is 2.45. The summed E-state index contributed by atoms with van der Waals surface area (Å²) in [5.41, 5.74) is 0.644. The number of para-hydroxylation sites is 1. The molecule has 3 saturated heterocycles. The minimum atomic E-state index is -4.09. The molecule has 0 aromatic heterocycles. The number of fused-ring (bicyclic) bond motifs is 4. The van der Waals surface area contributed by atoms with E-state index in [1.54, 1.807) is 4.90 Å². The highest BCUT2D eigenvalue weighted by atomic mass is 32.2. The number of hydrogen-bond acceptors (Lipinski definition) is 5. The molecular formula is C27H31FN4O4S. The summed E-state index contributed by atoms with van der Waals surface area (Å²) in [6.45, 7) is 1.65. The van der Waals surface area contributed by atoms with E-state index in [-0.39, 0.29) is 42.4 Å². The molecule has 2 aromatic carbocycles. The molecule has 4 aliphatic rings. The molecule has 8 nitrogen and oxygen atoms in total. The highest BCUT2D eigenvalue weighted by Crippen LogP contribution is 2.57. The van der Waals surface area contributed by atoms with Crippen LogP contribution in [0.5, 0.6) is 0 Å². The van der Waals surface area contributed by atoms with Crippen LogP contribution in [-0.4, -0.2) is 68.2 Å². The number of carbonyl (C=O) groups excluding carboxylic acids is 2. The molecule has 10 heteroatoms. The van der Waals surface area contributed by atoms with Crippen LogP contribution in [-0.2, 0) is 25.2 Å². The SMILES string of the molecule is O=C1NCCCN(S(=O)(=O)c2ccccc2F)CCCN2C(=O)[C@@]3(c4ccccc42)[C@H]1C[C@@H]1CCCN13. The largest absolute Gasteiger partial charge is 0.356 e. The molecule has 0 aliphatic carbocycles. The summed E-state index contributed by atoms with van der Waals surface area (Å²) in [7, 11) is -4.09. The number of hydrogen-bond donors (Lipinski definition) is 1. The van der Waals surface area contributed by atoms with E-state index in [4.69, 9.17) is 0 Å². The van der Waals surface area contributed by atoms with Crippen molar-refractivity contribution in [2.24, 2.45) is 5.92 Å². The van der Waals surface area contributed by atoms with Gasteiger partial charge in [0.15, 0.2) is 0 Å². The zero-order valence-corrected chi connectivity index (χ0v) is 21.4. The van der Waals surface area contributed by atoms with Crippen molar-refractivity contribution in [3.63, 3.8) is 0 Å². The molecule has 2 aromatic rings. The Balaban J connectivity index is 1.37. The second kappa shape index (κ2) is 9.18. The molecule has 1 spiro atoms. The zero-order valence-electron chi connectivity index (χ0n) is 20.6. The summed E-state index contributed by atoms with van der Waals surface area (Å²) >= 11 is 0. The summed E-state index contributed by atoms with van der Waals surface area (Å²) in [5.74, 6) is -1.56. The van der Waals surface area contributed by atoms with Crippen molar-refractivity contribution in [1.82, 2.24) is 14.5 Å². The number of carbonyl (C=O) groups is 2. The molecule has 0 saturated carbocycles. The topological polar surface area (TPSA) is 90.0 Å². The van der Waals surface area contributed by atoms with Gasteiger partial charge >= 0.3 is 0 Å². The summed E-state index contributed by atoms with van der Waals surface area (Å²) in [4.78, 5) is 31.6. The third-order valence-corrected chi connectivity index (χ3v) is 10.4. The van der Waals surface area contributed by atoms with Crippen molar-refractivity contribution in [2.75, 3.05) is 37.6 Å². The maximum atomic E-state index is 14.4. The van der Waals surface area contributed by atoms with Crippen LogP contribution in [0.25, 0.3) is 0 Å². The normalized spacial score (nSPS) is 29.1. The second-order valence-electron chi connectivity index (χ2n) is 10.4. The highest BCUT2D eigenvalue weighted by Gasteiger charge is 2.67. The standard InChI is InChI=1S/C27H31FN4O4S/c28-22-10-2-4-12-24(22)37(35,36)30-14-6-13-29-25(33)21-18-19-8-5-17-32(19)27(21)20-9-1-3-11-23(20)31(26(27)34)16-7-15-30/h1-4,9-12,19,21H,5-8,13-18H2,(H,29,33)/t19-,21-,27+/m0/s1. The summed E-state index contributed by atoms with van der Waals surface area (Å²) < 4.78 is 42.5. The van der Waals surface area contributed by atoms with Gasteiger partial charge in [-0.3, -0.25) is 14.5 Å². The van der Waals surface area contributed by atoms with Crippen LogP contribution >= 0.6 is 0 Å². The summed E-state index contributed by atoms with van der Waals surface area (Å²) in [6.07, 6.45) is 3.39. The second-order valence-corrected chi connectivity index (χ2v) is 12.3. The molecule has 6 rings (SSSR count). The van der Waals surface area contributed by atoms with Crippen molar-refractivity contribution in [1.29, 1.82) is 0 Å². The highest BCUT2D eigenvalue weighted by molar-refractivity contribution is 7.89. The number of halogens is 1. The van der Waals surface area contributed by atoms with Gasteiger partial charge in [-0.15, -0.1) is 0 Å². The molecule has 2 bridgehead atoms. The Morgan fingerprint density at radius 2 is 1.68 bits per heavy atom. The maximum Gasteiger partial charge on any atom is 0.253 e. The van der Waals surface area contributed by atoms with Crippen LogP contribution in [0.1, 0.15) is 37.7 Å². The smallest absolute Gasteiger partial charge is 0.253 e. The first-order valence-electron chi connectivity index (χ1n) is 13.1. The van der Waals surface area contributed by atoms with Gasteiger partial charge in [0.1, 0.15) is 16.3 Å². The van der Waals surface area contributed by atoms with Gasteiger partial charge in [-0.05, 0) is 56.8 Å². The van der Waals surface area contributed by atoms with Crippen molar-refractivity contribution >= 4 is 27.5 Å². The van der Waals surface area contributed by atoms with Crippen molar-refractivity contribution in [2.45, 2.75) is 48.6 Å². The first-order chi connectivity index (χ1) is 17.9. The monoisotopic (exact) mass is 526 g/mol. The number of sulfonamides is 1. The third kappa shape index (κ3) is 3.64. The van der Waals surface area contributed by atoms with Crippen molar-refractivity contribution in [3.8, 4) is 0 Å². The van der Waals surface area contributed by atoms with E-state index in [0.717, 1.165) is 36.7 Å². The van der Waals surface area contributed by atoms with Crippen LogP contribution in [0, 0.1) is 11.7 Å². The Morgan fingerprint density at radius 3 is 2.51 bits per heavy atom.